The molecule has 0 aliphatic heterocycles. The summed E-state index contributed by atoms with van der Waals surface area (Å²) >= 11 is 1.78. The molecular weight excluding hydrogens is 262 g/mol. The van der Waals surface area contributed by atoms with E-state index >= 15 is 0 Å². The lowest BCUT2D eigenvalue weighted by Crippen LogP contribution is -2.23. The van der Waals surface area contributed by atoms with Gasteiger partial charge >= 0.3 is 0 Å². The molecule has 0 radical (unpaired) electrons. The summed E-state index contributed by atoms with van der Waals surface area (Å²) in [6, 6.07) is 7.28. The molecular formula is C13H17N3O2S. The van der Waals surface area contributed by atoms with Crippen molar-refractivity contribution in [3.63, 3.8) is 0 Å². The van der Waals surface area contributed by atoms with Crippen molar-refractivity contribution in [3.8, 4) is 11.4 Å². The molecule has 2 rings (SSSR count). The standard InChI is InChI=1S/C13H17N3O2S/c1-3-19-10-6-4-9(5-7-10)12-15-13(18-16-12)11(14)8(2)17/h4-8,11,17H,3,14H2,1-2H3. The van der Waals surface area contributed by atoms with Gasteiger partial charge in [-0.2, -0.15) is 4.98 Å². The third-order valence-corrected chi connectivity index (χ3v) is 3.56. The monoisotopic (exact) mass is 279 g/mol. The molecule has 0 bridgehead atoms. The predicted molar refractivity (Wildman–Crippen MR) is 74.7 cm³/mol. The van der Waals surface area contributed by atoms with Gasteiger partial charge in [0.15, 0.2) is 0 Å². The second-order valence-electron chi connectivity index (χ2n) is 4.18. The number of nitrogens with two attached hydrogens (primary N) is 1. The first-order valence-corrected chi connectivity index (χ1v) is 7.11. The Kier molecular flexibility index (Phi) is 4.57. The van der Waals surface area contributed by atoms with E-state index in [0.717, 1.165) is 11.3 Å². The zero-order chi connectivity index (χ0) is 13.8. The summed E-state index contributed by atoms with van der Waals surface area (Å²) in [5.41, 5.74) is 6.61. The lowest BCUT2D eigenvalue weighted by molar-refractivity contribution is 0.146. The molecule has 5 nitrogen and oxygen atoms in total. The maximum absolute atomic E-state index is 9.39. The smallest absolute Gasteiger partial charge is 0.246 e. The molecule has 0 fully saturated rings. The van der Waals surface area contributed by atoms with Gasteiger partial charge in [-0.05, 0) is 36.9 Å². The van der Waals surface area contributed by atoms with E-state index in [4.69, 9.17) is 10.3 Å². The fraction of sp³-hybridized carbons (Fsp3) is 0.385. The molecule has 0 amide bonds. The van der Waals surface area contributed by atoms with Gasteiger partial charge in [0, 0.05) is 10.5 Å². The Morgan fingerprint density at radius 1 is 1.37 bits per heavy atom. The van der Waals surface area contributed by atoms with Gasteiger partial charge in [0.05, 0.1) is 6.10 Å². The molecule has 3 N–H and O–H groups in total. The molecule has 6 heteroatoms. The maximum Gasteiger partial charge on any atom is 0.246 e. The number of aliphatic hydroxyl groups is 1. The molecule has 0 aliphatic rings. The van der Waals surface area contributed by atoms with Gasteiger partial charge < -0.3 is 15.4 Å². The highest BCUT2D eigenvalue weighted by Crippen LogP contribution is 2.23. The van der Waals surface area contributed by atoms with Gasteiger partial charge in [0.2, 0.25) is 11.7 Å². The number of aliphatic hydroxyl groups excluding tert-OH is 1. The summed E-state index contributed by atoms with van der Waals surface area (Å²) in [6.45, 7) is 3.70. The Bertz CT molecular complexity index is 525. The van der Waals surface area contributed by atoms with Gasteiger partial charge in [0.1, 0.15) is 6.04 Å². The lowest BCUT2D eigenvalue weighted by Gasteiger charge is -2.08. The van der Waals surface area contributed by atoms with E-state index in [2.05, 4.69) is 17.1 Å². The summed E-state index contributed by atoms with van der Waals surface area (Å²) in [5, 5.41) is 13.3. The van der Waals surface area contributed by atoms with Crippen LogP contribution in [0.3, 0.4) is 0 Å². The molecule has 102 valence electrons. The molecule has 0 spiro atoms. The van der Waals surface area contributed by atoms with Gasteiger partial charge in [-0.15, -0.1) is 11.8 Å². The van der Waals surface area contributed by atoms with Gasteiger partial charge in [-0.1, -0.05) is 12.1 Å². The van der Waals surface area contributed by atoms with E-state index in [9.17, 15) is 5.11 Å². The van der Waals surface area contributed by atoms with Crippen LogP contribution in [0, 0.1) is 0 Å². The maximum atomic E-state index is 9.39. The van der Waals surface area contributed by atoms with Crippen molar-refractivity contribution in [3.05, 3.63) is 30.2 Å². The highest BCUT2D eigenvalue weighted by atomic mass is 32.2. The molecule has 19 heavy (non-hydrogen) atoms. The van der Waals surface area contributed by atoms with Crippen LogP contribution in [0.4, 0.5) is 0 Å². The van der Waals surface area contributed by atoms with Crippen LogP contribution in [-0.4, -0.2) is 27.1 Å². The highest BCUT2D eigenvalue weighted by molar-refractivity contribution is 7.99. The van der Waals surface area contributed by atoms with Crippen molar-refractivity contribution in [2.45, 2.75) is 30.9 Å². The number of aromatic nitrogens is 2. The normalized spacial score (nSPS) is 14.3. The summed E-state index contributed by atoms with van der Waals surface area (Å²) in [6.07, 6.45) is -0.725. The molecule has 0 aliphatic carbocycles. The Labute approximate surface area is 116 Å². The summed E-state index contributed by atoms with van der Waals surface area (Å²) < 4.78 is 5.07. The predicted octanol–water partition coefficient (Wildman–Crippen LogP) is 2.23. The molecule has 1 heterocycles. The highest BCUT2D eigenvalue weighted by Gasteiger charge is 2.19. The van der Waals surface area contributed by atoms with Crippen LogP contribution in [0.5, 0.6) is 0 Å². The average Bonchev–Trinajstić information content (AvgIpc) is 2.88. The van der Waals surface area contributed by atoms with E-state index in [1.165, 1.54) is 4.90 Å². The summed E-state index contributed by atoms with van der Waals surface area (Å²) in [5.74, 6) is 1.77. The summed E-state index contributed by atoms with van der Waals surface area (Å²) in [7, 11) is 0. The van der Waals surface area contributed by atoms with Crippen molar-refractivity contribution < 1.29 is 9.63 Å². The number of benzene rings is 1. The van der Waals surface area contributed by atoms with Crippen LogP contribution in [0.2, 0.25) is 0 Å². The minimum absolute atomic E-state index is 0.247. The van der Waals surface area contributed by atoms with Crippen molar-refractivity contribution >= 4 is 11.8 Å². The third-order valence-electron chi connectivity index (χ3n) is 2.67. The van der Waals surface area contributed by atoms with E-state index in [1.54, 1.807) is 18.7 Å². The number of hydrogen-bond acceptors (Lipinski definition) is 6. The van der Waals surface area contributed by atoms with Crippen LogP contribution in [-0.2, 0) is 0 Å². The first-order chi connectivity index (χ1) is 9.11. The van der Waals surface area contributed by atoms with Gasteiger partial charge in [-0.25, -0.2) is 0 Å². The Morgan fingerprint density at radius 3 is 2.63 bits per heavy atom. The zero-order valence-electron chi connectivity index (χ0n) is 10.9. The number of nitrogens with zero attached hydrogens (tertiary/aromatic N) is 2. The first-order valence-electron chi connectivity index (χ1n) is 6.12. The van der Waals surface area contributed by atoms with Crippen LogP contribution < -0.4 is 5.73 Å². The topological polar surface area (TPSA) is 85.2 Å². The number of thioether (sulfide) groups is 1. The minimum Gasteiger partial charge on any atom is -0.391 e. The second-order valence-corrected chi connectivity index (χ2v) is 5.52. The van der Waals surface area contributed by atoms with E-state index in [0.29, 0.717) is 5.82 Å². The molecule has 2 aromatic rings. The van der Waals surface area contributed by atoms with Gasteiger partial charge in [-0.3, -0.25) is 0 Å². The first kappa shape index (κ1) is 14.0. The number of rotatable bonds is 5. The van der Waals surface area contributed by atoms with Crippen molar-refractivity contribution in [2.75, 3.05) is 5.75 Å². The minimum atomic E-state index is -0.725. The Hall–Kier alpha value is -1.37. The molecule has 0 saturated carbocycles. The second kappa shape index (κ2) is 6.18. The van der Waals surface area contributed by atoms with Crippen molar-refractivity contribution in [1.29, 1.82) is 0 Å². The fourth-order valence-electron chi connectivity index (χ4n) is 1.56. The SMILES string of the molecule is CCSc1ccc(-c2noc(C(N)C(C)O)n2)cc1. The van der Waals surface area contributed by atoms with Crippen LogP contribution in [0.25, 0.3) is 11.4 Å². The Balaban J connectivity index is 2.18. The Morgan fingerprint density at radius 2 is 2.05 bits per heavy atom. The van der Waals surface area contributed by atoms with E-state index in [1.807, 2.05) is 24.3 Å². The molecule has 0 saturated heterocycles. The average molecular weight is 279 g/mol. The molecule has 1 aromatic carbocycles. The van der Waals surface area contributed by atoms with Gasteiger partial charge in [0.25, 0.3) is 0 Å². The van der Waals surface area contributed by atoms with Crippen LogP contribution in [0.1, 0.15) is 25.8 Å². The van der Waals surface area contributed by atoms with Crippen molar-refractivity contribution in [2.24, 2.45) is 5.73 Å². The van der Waals surface area contributed by atoms with E-state index < -0.39 is 12.1 Å². The molecule has 1 aromatic heterocycles. The van der Waals surface area contributed by atoms with Crippen molar-refractivity contribution in [1.82, 2.24) is 10.1 Å². The molecule has 2 atom stereocenters. The summed E-state index contributed by atoms with van der Waals surface area (Å²) in [4.78, 5) is 5.41. The van der Waals surface area contributed by atoms with Crippen LogP contribution >= 0.6 is 11.8 Å². The lowest BCUT2D eigenvalue weighted by atomic mass is 10.2. The molecule has 2 unspecified atom stereocenters. The third kappa shape index (κ3) is 3.34. The largest absolute Gasteiger partial charge is 0.391 e. The van der Waals surface area contributed by atoms with E-state index in [-0.39, 0.29) is 5.89 Å². The quantitative estimate of drug-likeness (QED) is 0.816. The fourth-order valence-corrected chi connectivity index (χ4v) is 2.22. The van der Waals surface area contributed by atoms with Crippen LogP contribution in [0.15, 0.2) is 33.7 Å². The zero-order valence-corrected chi connectivity index (χ0v) is 11.7. The number of hydrogen-bond donors (Lipinski definition) is 2.